The Balaban J connectivity index is 1.78. The predicted octanol–water partition coefficient (Wildman–Crippen LogP) is 4.98. The van der Waals surface area contributed by atoms with Crippen LogP contribution < -0.4 is 19.5 Å². The van der Waals surface area contributed by atoms with Crippen LogP contribution >= 0.6 is 0 Å². The Bertz CT molecular complexity index is 1310. The molecule has 8 nitrogen and oxygen atoms in total. The molecule has 0 fully saturated rings. The van der Waals surface area contributed by atoms with E-state index in [4.69, 9.17) is 18.9 Å². The molecular weight excluding hydrogens is 486 g/mol. The monoisotopic (exact) mass is 521 g/mol. The summed E-state index contributed by atoms with van der Waals surface area (Å²) >= 11 is 0. The van der Waals surface area contributed by atoms with Crippen molar-refractivity contribution in [3.8, 4) is 23.0 Å². The number of esters is 1. The van der Waals surface area contributed by atoms with E-state index in [9.17, 15) is 14.7 Å². The first-order chi connectivity index (χ1) is 18.2. The summed E-state index contributed by atoms with van der Waals surface area (Å²) in [5.74, 6) is 0.379. The van der Waals surface area contributed by atoms with Gasteiger partial charge in [-0.2, -0.15) is 0 Å². The number of carbonyl (C=O) groups is 2. The number of ketones is 1. The number of allylic oxidation sites excluding steroid dienone is 3. The number of hydrogen-bond donors (Lipinski definition) is 2. The van der Waals surface area contributed by atoms with Crippen LogP contribution in [0.15, 0.2) is 58.9 Å². The molecule has 0 unspecified atom stereocenters. The van der Waals surface area contributed by atoms with E-state index in [1.807, 2.05) is 39.0 Å². The van der Waals surface area contributed by atoms with Gasteiger partial charge < -0.3 is 29.4 Å². The zero-order chi connectivity index (χ0) is 27.6. The highest BCUT2D eigenvalue weighted by atomic mass is 16.5. The van der Waals surface area contributed by atoms with Crippen molar-refractivity contribution in [1.29, 1.82) is 0 Å². The summed E-state index contributed by atoms with van der Waals surface area (Å²) in [6.45, 7) is 6.03. The van der Waals surface area contributed by atoms with Crippen molar-refractivity contribution in [2.75, 3.05) is 27.9 Å². The molecule has 4 rings (SSSR count). The van der Waals surface area contributed by atoms with Gasteiger partial charge in [-0.15, -0.1) is 0 Å². The predicted molar refractivity (Wildman–Crippen MR) is 143 cm³/mol. The van der Waals surface area contributed by atoms with Crippen molar-refractivity contribution in [1.82, 2.24) is 5.32 Å². The zero-order valence-electron chi connectivity index (χ0n) is 22.7. The van der Waals surface area contributed by atoms with Crippen molar-refractivity contribution in [3.63, 3.8) is 0 Å². The molecule has 0 amide bonds. The smallest absolute Gasteiger partial charge is 0.336 e. The van der Waals surface area contributed by atoms with E-state index in [1.54, 1.807) is 26.4 Å². The lowest BCUT2D eigenvalue weighted by molar-refractivity contribution is -0.140. The average Bonchev–Trinajstić information content (AvgIpc) is 2.90. The van der Waals surface area contributed by atoms with E-state index in [-0.39, 0.29) is 42.1 Å². The summed E-state index contributed by atoms with van der Waals surface area (Å²) in [5, 5.41) is 13.6. The third-order valence-corrected chi connectivity index (χ3v) is 7.01. The number of benzene rings is 2. The maximum absolute atomic E-state index is 13.8. The Morgan fingerprint density at radius 2 is 1.63 bits per heavy atom. The number of phenols is 1. The van der Waals surface area contributed by atoms with Gasteiger partial charge in [0.2, 0.25) is 0 Å². The normalized spacial score (nSPS) is 19.2. The number of rotatable bonds is 8. The van der Waals surface area contributed by atoms with Crippen LogP contribution in [-0.4, -0.2) is 44.8 Å². The van der Waals surface area contributed by atoms with E-state index in [0.29, 0.717) is 40.3 Å². The Kier molecular flexibility index (Phi) is 7.99. The van der Waals surface area contributed by atoms with Gasteiger partial charge in [0, 0.05) is 29.3 Å². The van der Waals surface area contributed by atoms with Gasteiger partial charge >= 0.3 is 5.97 Å². The summed E-state index contributed by atoms with van der Waals surface area (Å²) in [5.41, 5.74) is 3.97. The molecule has 8 heteroatoms. The van der Waals surface area contributed by atoms with Crippen LogP contribution in [-0.2, 0) is 14.3 Å². The number of Topliss-reactive ketones (excluding diaryl/α,β-unsaturated/α-hetero) is 1. The van der Waals surface area contributed by atoms with E-state index < -0.39 is 11.9 Å². The van der Waals surface area contributed by atoms with Gasteiger partial charge in [-0.1, -0.05) is 26.0 Å². The first kappa shape index (κ1) is 27.1. The number of ether oxygens (including phenoxy) is 4. The molecule has 2 aromatic carbocycles. The third-order valence-electron chi connectivity index (χ3n) is 7.01. The molecule has 0 saturated heterocycles. The van der Waals surface area contributed by atoms with Gasteiger partial charge in [-0.05, 0) is 60.6 Å². The SMILES string of the molecule is COc1cc([C@@H]2C(C(=O)OCC(C)C)=C(C)NC3=C2C(=O)C[C@@H](c2ccc(OC)c(OC)c2)C3)ccc1O. The second-order valence-electron chi connectivity index (χ2n) is 10.1. The highest BCUT2D eigenvalue weighted by molar-refractivity contribution is 6.04. The first-order valence-electron chi connectivity index (χ1n) is 12.7. The van der Waals surface area contributed by atoms with Gasteiger partial charge in [-0.3, -0.25) is 4.79 Å². The molecular formula is C30H35NO7. The van der Waals surface area contributed by atoms with Crippen LogP contribution in [0.5, 0.6) is 23.0 Å². The molecule has 1 heterocycles. The molecule has 1 aliphatic heterocycles. The van der Waals surface area contributed by atoms with Gasteiger partial charge in [0.1, 0.15) is 0 Å². The highest BCUT2D eigenvalue weighted by Crippen LogP contribution is 2.47. The molecule has 0 bridgehead atoms. The minimum Gasteiger partial charge on any atom is -0.504 e. The number of aromatic hydroxyl groups is 1. The fraction of sp³-hybridized carbons (Fsp3) is 0.400. The number of phenolic OH excluding ortho intramolecular Hbond substituents is 1. The van der Waals surface area contributed by atoms with Crippen LogP contribution in [0.1, 0.15) is 56.6 Å². The first-order valence-corrected chi connectivity index (χ1v) is 12.7. The Morgan fingerprint density at radius 1 is 0.974 bits per heavy atom. The lowest BCUT2D eigenvalue weighted by Gasteiger charge is -2.37. The number of methoxy groups -OCH3 is 3. The highest BCUT2D eigenvalue weighted by Gasteiger charge is 2.41. The van der Waals surface area contributed by atoms with Crippen molar-refractivity contribution in [2.45, 2.75) is 45.4 Å². The molecule has 0 aromatic heterocycles. The van der Waals surface area contributed by atoms with Crippen LogP contribution in [0, 0.1) is 5.92 Å². The summed E-state index contributed by atoms with van der Waals surface area (Å²) in [4.78, 5) is 27.2. The maximum atomic E-state index is 13.8. The lowest BCUT2D eigenvalue weighted by Crippen LogP contribution is -2.36. The van der Waals surface area contributed by atoms with Crippen LogP contribution in [0.3, 0.4) is 0 Å². The molecule has 38 heavy (non-hydrogen) atoms. The Hall–Kier alpha value is -3.94. The number of nitrogens with one attached hydrogen (secondary N) is 1. The molecule has 0 spiro atoms. The van der Waals surface area contributed by atoms with Crippen molar-refractivity contribution < 1.29 is 33.6 Å². The minimum atomic E-state index is -0.653. The topological polar surface area (TPSA) is 103 Å². The zero-order valence-corrected chi connectivity index (χ0v) is 22.7. The van der Waals surface area contributed by atoms with Gasteiger partial charge in [0.15, 0.2) is 28.8 Å². The summed E-state index contributed by atoms with van der Waals surface area (Å²) in [6, 6.07) is 10.6. The number of dihydropyridines is 1. The standard InChI is InChI=1S/C30H35NO7/c1-16(2)15-38-30(34)27-17(3)31-21-11-20(18-8-10-24(35-4)26(13-18)37-6)12-23(33)29(21)28(27)19-7-9-22(32)25(14-19)36-5/h7-10,13-14,16,20,28,31-32H,11-12,15H2,1-6H3/t20-,28+/m0/s1. The molecule has 0 saturated carbocycles. The van der Waals surface area contributed by atoms with Crippen LogP contribution in [0.2, 0.25) is 0 Å². The largest absolute Gasteiger partial charge is 0.504 e. The Morgan fingerprint density at radius 3 is 2.29 bits per heavy atom. The molecule has 2 aromatic rings. The quantitative estimate of drug-likeness (QED) is 0.469. The minimum absolute atomic E-state index is 0.0208. The van der Waals surface area contributed by atoms with Crippen molar-refractivity contribution in [2.24, 2.45) is 5.92 Å². The Labute approximate surface area is 223 Å². The van der Waals surface area contributed by atoms with E-state index in [1.165, 1.54) is 13.2 Å². The third kappa shape index (κ3) is 5.21. The van der Waals surface area contributed by atoms with Gasteiger partial charge in [0.05, 0.1) is 33.5 Å². The van der Waals surface area contributed by atoms with Crippen LogP contribution in [0.25, 0.3) is 0 Å². The molecule has 2 atom stereocenters. The summed E-state index contributed by atoms with van der Waals surface area (Å²) < 4.78 is 21.8. The van der Waals surface area contributed by atoms with Crippen LogP contribution in [0.4, 0.5) is 0 Å². The number of carbonyl (C=O) groups excluding carboxylic acids is 2. The average molecular weight is 522 g/mol. The van der Waals surface area contributed by atoms with Crippen molar-refractivity contribution in [3.05, 3.63) is 70.1 Å². The van der Waals surface area contributed by atoms with Gasteiger partial charge in [-0.25, -0.2) is 4.79 Å². The summed E-state index contributed by atoms with van der Waals surface area (Å²) in [7, 11) is 4.63. The molecule has 2 N–H and O–H groups in total. The second-order valence-corrected chi connectivity index (χ2v) is 10.1. The van der Waals surface area contributed by atoms with E-state index in [0.717, 1.165) is 11.3 Å². The van der Waals surface area contributed by atoms with E-state index >= 15 is 0 Å². The molecule has 1 aliphatic carbocycles. The maximum Gasteiger partial charge on any atom is 0.336 e. The van der Waals surface area contributed by atoms with Gasteiger partial charge in [0.25, 0.3) is 0 Å². The molecule has 2 aliphatic rings. The lowest BCUT2D eigenvalue weighted by atomic mass is 9.71. The fourth-order valence-electron chi connectivity index (χ4n) is 5.18. The molecule has 202 valence electrons. The number of hydrogen-bond acceptors (Lipinski definition) is 8. The van der Waals surface area contributed by atoms with E-state index in [2.05, 4.69) is 5.32 Å². The van der Waals surface area contributed by atoms with Crippen molar-refractivity contribution >= 4 is 11.8 Å². The molecule has 0 radical (unpaired) electrons. The summed E-state index contributed by atoms with van der Waals surface area (Å²) in [6.07, 6.45) is 0.850. The second kappa shape index (κ2) is 11.2. The fourth-order valence-corrected chi connectivity index (χ4v) is 5.18.